The first-order valence-corrected chi connectivity index (χ1v) is 5.18. The van der Waals surface area contributed by atoms with Gasteiger partial charge in [-0.05, 0) is 25.1 Å². The zero-order valence-corrected chi connectivity index (χ0v) is 9.51. The minimum absolute atomic E-state index is 0.432. The van der Waals surface area contributed by atoms with Crippen molar-refractivity contribution in [2.24, 2.45) is 0 Å². The van der Waals surface area contributed by atoms with Gasteiger partial charge in [-0.1, -0.05) is 24.2 Å². The van der Waals surface area contributed by atoms with Crippen molar-refractivity contribution in [3.63, 3.8) is 0 Å². The lowest BCUT2D eigenvalue weighted by Crippen LogP contribution is -1.74. The van der Waals surface area contributed by atoms with Gasteiger partial charge in [0.2, 0.25) is 0 Å². The van der Waals surface area contributed by atoms with Gasteiger partial charge in [0, 0.05) is 17.0 Å². The Bertz CT molecular complexity index is 581. The smallest absolute Gasteiger partial charge is 0.136 e. The summed E-state index contributed by atoms with van der Waals surface area (Å²) in [5, 5.41) is 1.43. The van der Waals surface area contributed by atoms with Gasteiger partial charge < -0.3 is 4.42 Å². The van der Waals surface area contributed by atoms with Gasteiger partial charge in [0.15, 0.2) is 0 Å². The van der Waals surface area contributed by atoms with Crippen molar-refractivity contribution < 1.29 is 8.81 Å². The van der Waals surface area contributed by atoms with Crippen LogP contribution in [0.25, 0.3) is 17.0 Å². The highest BCUT2D eigenvalue weighted by Crippen LogP contribution is 2.32. The number of hydrogen-bond acceptors (Lipinski definition) is 1. The van der Waals surface area contributed by atoms with Gasteiger partial charge in [-0.25, -0.2) is 4.39 Å². The minimum atomic E-state index is -0.432. The number of hydrogen-bond donors (Lipinski definition) is 0. The van der Waals surface area contributed by atoms with E-state index in [0.29, 0.717) is 16.4 Å². The number of rotatable bonds is 2. The molecule has 0 atom stereocenters. The predicted molar refractivity (Wildman–Crippen MR) is 65.2 cm³/mol. The standard InChI is InChI=1S/C13H10ClFO/c1-3-9(15)7-12-8(2)13-10(14)5-4-6-11(13)16-12/h3-7H,1H2,2H3/b9-7+. The van der Waals surface area contributed by atoms with Crippen LogP contribution in [-0.4, -0.2) is 0 Å². The van der Waals surface area contributed by atoms with E-state index in [-0.39, 0.29) is 0 Å². The Balaban J connectivity index is 2.70. The molecule has 1 heterocycles. The summed E-state index contributed by atoms with van der Waals surface area (Å²) >= 11 is 6.05. The minimum Gasteiger partial charge on any atom is -0.456 e. The summed E-state index contributed by atoms with van der Waals surface area (Å²) < 4.78 is 18.6. The van der Waals surface area contributed by atoms with Gasteiger partial charge in [-0.2, -0.15) is 0 Å². The molecule has 3 heteroatoms. The van der Waals surface area contributed by atoms with Crippen molar-refractivity contribution in [1.82, 2.24) is 0 Å². The van der Waals surface area contributed by atoms with E-state index in [0.717, 1.165) is 17.0 Å². The first-order valence-electron chi connectivity index (χ1n) is 4.80. The highest BCUT2D eigenvalue weighted by Gasteiger charge is 2.11. The van der Waals surface area contributed by atoms with E-state index in [1.165, 1.54) is 6.08 Å². The quantitative estimate of drug-likeness (QED) is 0.677. The largest absolute Gasteiger partial charge is 0.456 e. The number of aryl methyl sites for hydroxylation is 1. The van der Waals surface area contributed by atoms with Crippen molar-refractivity contribution in [1.29, 1.82) is 0 Å². The average Bonchev–Trinajstić information content (AvgIpc) is 2.57. The van der Waals surface area contributed by atoms with Crippen LogP contribution < -0.4 is 0 Å². The fourth-order valence-corrected chi connectivity index (χ4v) is 1.90. The molecule has 0 radical (unpaired) electrons. The maximum absolute atomic E-state index is 13.1. The summed E-state index contributed by atoms with van der Waals surface area (Å²) in [5.41, 5.74) is 1.49. The van der Waals surface area contributed by atoms with Crippen LogP contribution in [0.15, 0.2) is 41.1 Å². The Morgan fingerprint density at radius 3 is 2.88 bits per heavy atom. The molecule has 0 saturated carbocycles. The van der Waals surface area contributed by atoms with Crippen LogP contribution in [0.4, 0.5) is 4.39 Å². The molecular weight excluding hydrogens is 227 g/mol. The lowest BCUT2D eigenvalue weighted by Gasteiger charge is -1.92. The van der Waals surface area contributed by atoms with E-state index < -0.39 is 5.83 Å². The fourth-order valence-electron chi connectivity index (χ4n) is 1.59. The summed E-state index contributed by atoms with van der Waals surface area (Å²) in [5.74, 6) is 0.0405. The van der Waals surface area contributed by atoms with Gasteiger partial charge in [0.1, 0.15) is 17.2 Å². The van der Waals surface area contributed by atoms with Gasteiger partial charge in [-0.3, -0.25) is 0 Å². The molecular formula is C13H10ClFO. The lowest BCUT2D eigenvalue weighted by molar-refractivity contribution is 0.595. The van der Waals surface area contributed by atoms with Crippen molar-refractivity contribution in [3.8, 4) is 0 Å². The van der Waals surface area contributed by atoms with E-state index >= 15 is 0 Å². The van der Waals surface area contributed by atoms with E-state index in [1.807, 2.05) is 6.92 Å². The summed E-state index contributed by atoms with van der Waals surface area (Å²) in [6.07, 6.45) is 2.44. The molecule has 1 aromatic carbocycles. The molecule has 82 valence electrons. The van der Waals surface area contributed by atoms with Crippen LogP contribution in [0.2, 0.25) is 5.02 Å². The van der Waals surface area contributed by atoms with Crippen molar-refractivity contribution in [2.45, 2.75) is 6.92 Å². The number of benzene rings is 1. The van der Waals surface area contributed by atoms with E-state index in [2.05, 4.69) is 6.58 Å². The molecule has 0 spiro atoms. The maximum Gasteiger partial charge on any atom is 0.136 e. The maximum atomic E-state index is 13.1. The molecule has 16 heavy (non-hydrogen) atoms. The topological polar surface area (TPSA) is 13.1 Å². The Kier molecular flexibility index (Phi) is 2.84. The van der Waals surface area contributed by atoms with Crippen LogP contribution in [0.1, 0.15) is 11.3 Å². The average molecular weight is 237 g/mol. The fraction of sp³-hybridized carbons (Fsp3) is 0.0769. The highest BCUT2D eigenvalue weighted by atomic mass is 35.5. The summed E-state index contributed by atoms with van der Waals surface area (Å²) in [6.45, 7) is 5.19. The molecule has 0 aliphatic heterocycles. The Hall–Kier alpha value is -1.54. The third-order valence-corrected chi connectivity index (χ3v) is 2.72. The summed E-state index contributed by atoms with van der Waals surface area (Å²) in [4.78, 5) is 0. The Morgan fingerprint density at radius 1 is 1.50 bits per heavy atom. The Morgan fingerprint density at radius 2 is 2.25 bits per heavy atom. The molecule has 0 N–H and O–H groups in total. The second-order valence-corrected chi connectivity index (χ2v) is 3.84. The molecule has 0 bridgehead atoms. The monoisotopic (exact) mass is 236 g/mol. The van der Waals surface area contributed by atoms with Crippen molar-refractivity contribution in [2.75, 3.05) is 0 Å². The van der Waals surface area contributed by atoms with Crippen LogP contribution in [0, 0.1) is 6.92 Å². The second-order valence-electron chi connectivity index (χ2n) is 3.44. The molecule has 0 amide bonds. The SMILES string of the molecule is C=C/C(F)=C\c1oc2cccc(Cl)c2c1C. The zero-order chi connectivity index (χ0) is 11.7. The molecule has 0 aliphatic rings. The molecule has 0 unspecified atom stereocenters. The second kappa shape index (κ2) is 4.14. The zero-order valence-electron chi connectivity index (χ0n) is 8.76. The van der Waals surface area contributed by atoms with Crippen molar-refractivity contribution >= 4 is 28.6 Å². The van der Waals surface area contributed by atoms with Crippen LogP contribution >= 0.6 is 11.6 Å². The van der Waals surface area contributed by atoms with Gasteiger partial charge in [0.25, 0.3) is 0 Å². The van der Waals surface area contributed by atoms with Gasteiger partial charge in [0.05, 0.1) is 5.02 Å². The first-order chi connectivity index (χ1) is 7.63. The van der Waals surface area contributed by atoms with Gasteiger partial charge in [-0.15, -0.1) is 0 Å². The molecule has 2 rings (SSSR count). The highest BCUT2D eigenvalue weighted by molar-refractivity contribution is 6.35. The number of fused-ring (bicyclic) bond motifs is 1. The molecule has 0 aliphatic carbocycles. The molecule has 0 fully saturated rings. The molecule has 1 aromatic heterocycles. The number of halogens is 2. The molecule has 1 nitrogen and oxygen atoms in total. The van der Waals surface area contributed by atoms with Crippen LogP contribution in [0.5, 0.6) is 0 Å². The summed E-state index contributed by atoms with van der Waals surface area (Å²) in [7, 11) is 0. The third-order valence-electron chi connectivity index (χ3n) is 2.40. The Labute approximate surface area is 97.8 Å². The summed E-state index contributed by atoms with van der Waals surface area (Å²) in [6, 6.07) is 5.38. The van der Waals surface area contributed by atoms with E-state index in [4.69, 9.17) is 16.0 Å². The molecule has 0 saturated heterocycles. The number of furan rings is 1. The van der Waals surface area contributed by atoms with Crippen LogP contribution in [-0.2, 0) is 0 Å². The first kappa shape index (κ1) is 11.0. The van der Waals surface area contributed by atoms with E-state index in [9.17, 15) is 4.39 Å². The lowest BCUT2D eigenvalue weighted by atomic mass is 10.1. The van der Waals surface area contributed by atoms with Gasteiger partial charge >= 0.3 is 0 Å². The predicted octanol–water partition coefficient (Wildman–Crippen LogP) is 4.89. The van der Waals surface area contributed by atoms with Crippen molar-refractivity contribution in [3.05, 3.63) is 53.0 Å². The normalized spacial score (nSPS) is 12.1. The van der Waals surface area contributed by atoms with Crippen LogP contribution in [0.3, 0.4) is 0 Å². The van der Waals surface area contributed by atoms with E-state index in [1.54, 1.807) is 18.2 Å². The third kappa shape index (κ3) is 1.76. The molecule has 2 aromatic rings. The number of allylic oxidation sites excluding steroid dienone is 2.